The van der Waals surface area contributed by atoms with E-state index in [1.54, 1.807) is 24.3 Å². The van der Waals surface area contributed by atoms with Gasteiger partial charge >= 0.3 is 0 Å². The Kier molecular flexibility index (Phi) is 7.91. The molecule has 1 aromatic rings. The minimum Gasteiger partial charge on any atom is -0.486 e. The molecule has 0 bridgehead atoms. The molecule has 1 unspecified atom stereocenters. The van der Waals surface area contributed by atoms with Gasteiger partial charge in [0.25, 0.3) is 0 Å². The second kappa shape index (κ2) is 9.16. The molecule has 1 rings (SSSR count). The van der Waals surface area contributed by atoms with Crippen LogP contribution in [0, 0.1) is 5.92 Å². The molecule has 0 aromatic heterocycles. The smallest absolute Gasteiger partial charge is 0.173 e. The molecule has 0 aliphatic carbocycles. The summed E-state index contributed by atoms with van der Waals surface area (Å²) in [5.74, 6) is 0.876. The molecule has 0 aliphatic rings. The molecule has 0 spiro atoms. The predicted molar refractivity (Wildman–Crippen MR) is 92.5 cm³/mol. The summed E-state index contributed by atoms with van der Waals surface area (Å²) in [6, 6.07) is 7.09. The first kappa shape index (κ1) is 19.0. The van der Waals surface area contributed by atoms with Gasteiger partial charge in [-0.2, -0.15) is 0 Å². The molecule has 0 aliphatic heterocycles. The van der Waals surface area contributed by atoms with Crippen molar-refractivity contribution in [2.45, 2.75) is 33.1 Å². The molecular formula is C18H29ClNO2+. The third kappa shape index (κ3) is 7.28. The van der Waals surface area contributed by atoms with E-state index in [9.17, 15) is 4.79 Å². The number of carbonyl (C=O) groups is 1. The van der Waals surface area contributed by atoms with E-state index in [2.05, 4.69) is 21.0 Å². The second-order valence-electron chi connectivity index (χ2n) is 6.64. The van der Waals surface area contributed by atoms with Crippen LogP contribution < -0.4 is 4.74 Å². The van der Waals surface area contributed by atoms with Crippen LogP contribution in [0.3, 0.4) is 0 Å². The topological polar surface area (TPSA) is 26.3 Å². The highest BCUT2D eigenvalue weighted by atomic mass is 35.5. The number of unbranched alkanes of at least 4 members (excludes halogenated alkanes) is 1. The van der Waals surface area contributed by atoms with Gasteiger partial charge in [-0.3, -0.25) is 4.79 Å². The standard InChI is InChI=1S/C18H29ClNO2/c1-5-6-12-20(3,4)13-11-15(2)18(21)14-22-17-9-7-16(19)8-10-17/h7-10,15H,5-6,11-14H2,1-4H3/q+1. The van der Waals surface area contributed by atoms with Crippen molar-refractivity contribution in [3.63, 3.8) is 0 Å². The molecule has 0 fully saturated rings. The van der Waals surface area contributed by atoms with Gasteiger partial charge in [0.1, 0.15) is 12.4 Å². The summed E-state index contributed by atoms with van der Waals surface area (Å²) in [5, 5.41) is 0.666. The van der Waals surface area contributed by atoms with E-state index in [1.807, 2.05) is 6.92 Å². The number of rotatable bonds is 10. The van der Waals surface area contributed by atoms with Crippen LogP contribution in [0.5, 0.6) is 5.75 Å². The number of carbonyl (C=O) groups excluding carboxylic acids is 1. The molecule has 3 nitrogen and oxygen atoms in total. The lowest BCUT2D eigenvalue weighted by Gasteiger charge is -2.30. The zero-order valence-corrected chi connectivity index (χ0v) is 15.0. The average Bonchev–Trinajstić information content (AvgIpc) is 2.50. The average molecular weight is 327 g/mol. The fourth-order valence-electron chi connectivity index (χ4n) is 2.23. The van der Waals surface area contributed by atoms with Crippen molar-refractivity contribution in [1.29, 1.82) is 0 Å². The van der Waals surface area contributed by atoms with Crippen LogP contribution in [0.4, 0.5) is 0 Å². The van der Waals surface area contributed by atoms with Gasteiger partial charge < -0.3 is 9.22 Å². The van der Waals surface area contributed by atoms with Crippen LogP contribution in [0.15, 0.2) is 24.3 Å². The number of benzene rings is 1. The Hall–Kier alpha value is -1.06. The van der Waals surface area contributed by atoms with Gasteiger partial charge in [0, 0.05) is 17.4 Å². The molecule has 0 saturated heterocycles. The maximum Gasteiger partial charge on any atom is 0.173 e. The van der Waals surface area contributed by atoms with Crippen molar-refractivity contribution >= 4 is 17.4 Å². The maximum atomic E-state index is 12.2. The SMILES string of the molecule is CCCC[N+](C)(C)CCC(C)C(=O)COc1ccc(Cl)cc1. The molecule has 0 N–H and O–H groups in total. The van der Waals surface area contributed by atoms with Gasteiger partial charge in [-0.05, 0) is 30.7 Å². The van der Waals surface area contributed by atoms with Crippen molar-refractivity contribution in [2.75, 3.05) is 33.8 Å². The van der Waals surface area contributed by atoms with Crippen molar-refractivity contribution in [3.05, 3.63) is 29.3 Å². The number of hydrogen-bond donors (Lipinski definition) is 0. The fourth-order valence-corrected chi connectivity index (χ4v) is 2.36. The Morgan fingerprint density at radius 1 is 1.23 bits per heavy atom. The Morgan fingerprint density at radius 3 is 2.45 bits per heavy atom. The quantitative estimate of drug-likeness (QED) is 0.603. The molecule has 1 atom stereocenters. The summed E-state index contributed by atoms with van der Waals surface area (Å²) in [5.41, 5.74) is 0. The summed E-state index contributed by atoms with van der Waals surface area (Å²) < 4.78 is 6.50. The van der Waals surface area contributed by atoms with Gasteiger partial charge in [-0.25, -0.2) is 0 Å². The molecule has 1 aromatic carbocycles. The third-order valence-electron chi connectivity index (χ3n) is 4.03. The lowest BCUT2D eigenvalue weighted by Crippen LogP contribution is -2.42. The van der Waals surface area contributed by atoms with Crippen LogP contribution in [-0.2, 0) is 4.79 Å². The molecule has 0 radical (unpaired) electrons. The van der Waals surface area contributed by atoms with Crippen LogP contribution in [-0.4, -0.2) is 44.1 Å². The van der Waals surface area contributed by atoms with Crippen molar-refractivity contribution in [3.8, 4) is 5.75 Å². The molecule has 0 amide bonds. The number of nitrogens with zero attached hydrogens (tertiary/aromatic N) is 1. The Morgan fingerprint density at radius 2 is 1.86 bits per heavy atom. The van der Waals surface area contributed by atoms with E-state index in [0.717, 1.165) is 17.4 Å². The zero-order valence-electron chi connectivity index (χ0n) is 14.3. The summed E-state index contributed by atoms with van der Waals surface area (Å²) in [6.07, 6.45) is 3.35. The van der Waals surface area contributed by atoms with Crippen LogP contribution in [0.2, 0.25) is 5.02 Å². The van der Waals surface area contributed by atoms with Crippen molar-refractivity contribution < 1.29 is 14.0 Å². The number of ether oxygens (including phenoxy) is 1. The summed E-state index contributed by atoms with van der Waals surface area (Å²) >= 11 is 5.82. The predicted octanol–water partition coefficient (Wildman–Crippen LogP) is 4.19. The maximum absolute atomic E-state index is 12.2. The zero-order chi connectivity index (χ0) is 16.6. The summed E-state index contributed by atoms with van der Waals surface area (Å²) in [7, 11) is 4.47. The van der Waals surface area contributed by atoms with Crippen LogP contribution in [0.1, 0.15) is 33.1 Å². The molecular weight excluding hydrogens is 298 g/mol. The van der Waals surface area contributed by atoms with E-state index < -0.39 is 0 Å². The minimum absolute atomic E-state index is 0.0336. The molecule has 0 saturated carbocycles. The van der Waals surface area contributed by atoms with Crippen molar-refractivity contribution in [1.82, 2.24) is 0 Å². The molecule has 4 heteroatoms. The first-order valence-electron chi connectivity index (χ1n) is 8.07. The van der Waals surface area contributed by atoms with Crippen LogP contribution in [0.25, 0.3) is 0 Å². The highest BCUT2D eigenvalue weighted by Gasteiger charge is 2.20. The van der Waals surface area contributed by atoms with Crippen LogP contribution >= 0.6 is 11.6 Å². The highest BCUT2D eigenvalue weighted by Crippen LogP contribution is 2.16. The minimum atomic E-state index is 0.0336. The first-order chi connectivity index (χ1) is 10.3. The van der Waals surface area contributed by atoms with E-state index in [4.69, 9.17) is 16.3 Å². The lowest BCUT2D eigenvalue weighted by molar-refractivity contribution is -0.891. The molecule has 124 valence electrons. The van der Waals surface area contributed by atoms with Gasteiger partial charge in [0.15, 0.2) is 5.78 Å². The van der Waals surface area contributed by atoms with Gasteiger partial charge in [-0.1, -0.05) is 31.9 Å². The number of halogens is 1. The number of ketones is 1. The summed E-state index contributed by atoms with van der Waals surface area (Å²) in [4.78, 5) is 12.2. The number of hydrogen-bond acceptors (Lipinski definition) is 2. The van der Waals surface area contributed by atoms with Crippen molar-refractivity contribution in [2.24, 2.45) is 5.92 Å². The highest BCUT2D eigenvalue weighted by molar-refractivity contribution is 6.30. The fraction of sp³-hybridized carbons (Fsp3) is 0.611. The van der Waals surface area contributed by atoms with Gasteiger partial charge in [-0.15, -0.1) is 0 Å². The van der Waals surface area contributed by atoms with E-state index in [1.165, 1.54) is 19.4 Å². The first-order valence-corrected chi connectivity index (χ1v) is 8.45. The largest absolute Gasteiger partial charge is 0.486 e. The Balaban J connectivity index is 2.34. The second-order valence-corrected chi connectivity index (χ2v) is 7.07. The Bertz CT molecular complexity index is 457. The van der Waals surface area contributed by atoms with E-state index in [-0.39, 0.29) is 18.3 Å². The molecule has 0 heterocycles. The third-order valence-corrected chi connectivity index (χ3v) is 4.28. The Labute approximate surface area is 139 Å². The number of Topliss-reactive ketones (excluding diaryl/α,β-unsaturated/α-hetero) is 1. The van der Waals surface area contributed by atoms with E-state index >= 15 is 0 Å². The molecule has 22 heavy (non-hydrogen) atoms. The summed E-state index contributed by atoms with van der Waals surface area (Å²) in [6.45, 7) is 6.52. The normalized spacial score (nSPS) is 13.0. The van der Waals surface area contributed by atoms with E-state index in [0.29, 0.717) is 10.8 Å². The lowest BCUT2D eigenvalue weighted by atomic mass is 10.0. The number of quaternary nitrogens is 1. The van der Waals surface area contributed by atoms with Gasteiger partial charge in [0.2, 0.25) is 0 Å². The van der Waals surface area contributed by atoms with Gasteiger partial charge in [0.05, 0.1) is 27.2 Å². The monoisotopic (exact) mass is 326 g/mol.